The number of methoxy groups -OCH3 is 2. The van der Waals surface area contributed by atoms with Gasteiger partial charge >= 0.3 is 0 Å². The lowest BCUT2D eigenvalue weighted by Crippen LogP contribution is -2.32. The van der Waals surface area contributed by atoms with Crippen LogP contribution in [0.3, 0.4) is 0 Å². The van der Waals surface area contributed by atoms with Crippen LogP contribution in [0.1, 0.15) is 18.5 Å². The number of hydrogen-bond acceptors (Lipinski definition) is 6. The van der Waals surface area contributed by atoms with Crippen molar-refractivity contribution < 1.29 is 22.7 Å². The van der Waals surface area contributed by atoms with E-state index in [1.165, 1.54) is 32.4 Å². The largest absolute Gasteiger partial charge is 0.493 e. The fraction of sp³-hybridized carbons (Fsp3) is 0.333. The number of aromatic amines is 1. The number of rotatable bonds is 12. The van der Waals surface area contributed by atoms with Crippen molar-refractivity contribution in [2.75, 3.05) is 34.4 Å². The molecular formula is C24H30N4O5S. The number of nitrogens with zero attached hydrogens (tertiary/aromatic N) is 2. The summed E-state index contributed by atoms with van der Waals surface area (Å²) < 4.78 is 37.8. The molecule has 0 saturated heterocycles. The molecule has 0 radical (unpaired) electrons. The Kier molecular flexibility index (Phi) is 8.67. The second kappa shape index (κ2) is 11.7. The second-order valence-corrected chi connectivity index (χ2v) is 9.49. The molecule has 3 rings (SSSR count). The molecule has 0 aliphatic carbocycles. The highest BCUT2D eigenvalue weighted by molar-refractivity contribution is 7.89. The van der Waals surface area contributed by atoms with E-state index in [0.29, 0.717) is 18.0 Å². The van der Waals surface area contributed by atoms with Crippen LogP contribution in [0.15, 0.2) is 59.5 Å². The summed E-state index contributed by atoms with van der Waals surface area (Å²) in [6.45, 7) is 0.557. The monoisotopic (exact) mass is 486 g/mol. The lowest BCUT2D eigenvalue weighted by atomic mass is 10.1. The van der Waals surface area contributed by atoms with Crippen molar-refractivity contribution in [3.63, 3.8) is 0 Å². The molecule has 0 saturated carbocycles. The van der Waals surface area contributed by atoms with Gasteiger partial charge in [0.05, 0.1) is 24.8 Å². The number of amides is 1. The van der Waals surface area contributed by atoms with Crippen molar-refractivity contribution >= 4 is 15.9 Å². The van der Waals surface area contributed by atoms with Gasteiger partial charge in [-0.15, -0.1) is 0 Å². The van der Waals surface area contributed by atoms with Crippen LogP contribution in [0.4, 0.5) is 0 Å². The van der Waals surface area contributed by atoms with Gasteiger partial charge in [-0.2, -0.15) is 5.10 Å². The highest BCUT2D eigenvalue weighted by Crippen LogP contribution is 2.29. The van der Waals surface area contributed by atoms with Crippen LogP contribution in [0, 0.1) is 0 Å². The van der Waals surface area contributed by atoms with E-state index in [0.717, 1.165) is 29.8 Å². The smallest absolute Gasteiger partial charge is 0.240 e. The van der Waals surface area contributed by atoms with Crippen LogP contribution in [0.5, 0.6) is 11.5 Å². The number of nitrogens with one attached hydrogen (secondary N) is 2. The van der Waals surface area contributed by atoms with E-state index in [1.807, 2.05) is 36.4 Å². The Morgan fingerprint density at radius 2 is 1.79 bits per heavy atom. The molecule has 3 aromatic rings. The minimum Gasteiger partial charge on any atom is -0.493 e. The summed E-state index contributed by atoms with van der Waals surface area (Å²) in [5.41, 5.74) is 2.94. The predicted octanol–water partition coefficient (Wildman–Crippen LogP) is 2.85. The Morgan fingerprint density at radius 3 is 2.50 bits per heavy atom. The maximum Gasteiger partial charge on any atom is 0.240 e. The average Bonchev–Trinajstić information content (AvgIpc) is 3.32. The number of carbonyl (C=O) groups is 1. The van der Waals surface area contributed by atoms with Crippen LogP contribution < -0.4 is 14.2 Å². The Hall–Kier alpha value is -3.37. The van der Waals surface area contributed by atoms with Gasteiger partial charge in [0.1, 0.15) is 0 Å². The first-order valence-corrected chi connectivity index (χ1v) is 12.4. The maximum atomic E-state index is 12.5. The molecule has 1 aromatic heterocycles. The molecule has 0 atom stereocenters. The predicted molar refractivity (Wildman–Crippen MR) is 129 cm³/mol. The molecule has 0 fully saturated rings. The van der Waals surface area contributed by atoms with Crippen molar-refractivity contribution in [3.05, 3.63) is 60.3 Å². The Morgan fingerprint density at radius 1 is 1.06 bits per heavy atom. The third-order valence-electron chi connectivity index (χ3n) is 5.36. The van der Waals surface area contributed by atoms with Gasteiger partial charge in [-0.25, -0.2) is 13.1 Å². The van der Waals surface area contributed by atoms with E-state index in [1.54, 1.807) is 11.9 Å². The van der Waals surface area contributed by atoms with E-state index < -0.39 is 10.0 Å². The summed E-state index contributed by atoms with van der Waals surface area (Å²) >= 11 is 0. The first-order chi connectivity index (χ1) is 16.3. The molecule has 0 spiro atoms. The minimum atomic E-state index is -3.78. The molecule has 1 heterocycles. The molecule has 0 aliphatic rings. The fourth-order valence-electron chi connectivity index (χ4n) is 3.43. The standard InChI is InChI=1S/C24H30N4O5S/c1-28(15-7-10-19-16-21(27-26-19)18-8-5-4-6-9-18)24(29)13-14-25-34(30,31)20-11-12-22(32-2)23(17-20)33-3/h4-6,8-9,11-12,16-17,25H,7,10,13-15H2,1-3H3,(H,26,27). The summed E-state index contributed by atoms with van der Waals surface area (Å²) in [5, 5.41) is 7.38. The third-order valence-corrected chi connectivity index (χ3v) is 6.82. The van der Waals surface area contributed by atoms with Crippen molar-refractivity contribution in [3.8, 4) is 22.8 Å². The summed E-state index contributed by atoms with van der Waals surface area (Å²) in [5.74, 6) is 0.614. The Bertz CT molecular complexity index is 1200. The molecule has 9 nitrogen and oxygen atoms in total. The highest BCUT2D eigenvalue weighted by atomic mass is 32.2. The third kappa shape index (κ3) is 6.58. The van der Waals surface area contributed by atoms with Crippen molar-refractivity contribution in [2.24, 2.45) is 0 Å². The lowest BCUT2D eigenvalue weighted by molar-refractivity contribution is -0.129. The number of ether oxygens (including phenoxy) is 2. The van der Waals surface area contributed by atoms with Gasteiger partial charge in [-0.3, -0.25) is 9.89 Å². The number of benzene rings is 2. The number of H-pyrrole nitrogens is 1. The average molecular weight is 487 g/mol. The Labute approximate surface area is 200 Å². The van der Waals surface area contributed by atoms with Gasteiger partial charge in [-0.1, -0.05) is 30.3 Å². The maximum absolute atomic E-state index is 12.5. The van der Waals surface area contributed by atoms with Crippen LogP contribution in [-0.2, 0) is 21.2 Å². The highest BCUT2D eigenvalue weighted by Gasteiger charge is 2.18. The summed E-state index contributed by atoms with van der Waals surface area (Å²) in [6.07, 6.45) is 1.57. The zero-order valence-corrected chi connectivity index (χ0v) is 20.4. The van der Waals surface area contributed by atoms with E-state index >= 15 is 0 Å². The van der Waals surface area contributed by atoms with Crippen LogP contribution in [0.2, 0.25) is 0 Å². The summed E-state index contributed by atoms with van der Waals surface area (Å²) in [7, 11) is 0.846. The molecule has 0 bridgehead atoms. The topological polar surface area (TPSA) is 114 Å². The molecule has 2 N–H and O–H groups in total. The van der Waals surface area contributed by atoms with E-state index in [4.69, 9.17) is 9.47 Å². The Balaban J connectivity index is 1.43. The number of aromatic nitrogens is 2. The summed E-state index contributed by atoms with van der Waals surface area (Å²) in [6, 6.07) is 16.3. The second-order valence-electron chi connectivity index (χ2n) is 7.73. The first-order valence-electron chi connectivity index (χ1n) is 10.9. The van der Waals surface area contributed by atoms with E-state index in [9.17, 15) is 13.2 Å². The van der Waals surface area contributed by atoms with Gasteiger partial charge in [0.15, 0.2) is 11.5 Å². The van der Waals surface area contributed by atoms with Crippen LogP contribution in [0.25, 0.3) is 11.3 Å². The van der Waals surface area contributed by atoms with Crippen molar-refractivity contribution in [1.29, 1.82) is 0 Å². The molecule has 182 valence electrons. The quantitative estimate of drug-likeness (QED) is 0.407. The fourth-order valence-corrected chi connectivity index (χ4v) is 4.47. The van der Waals surface area contributed by atoms with Gasteiger partial charge < -0.3 is 14.4 Å². The first kappa shape index (κ1) is 25.3. The van der Waals surface area contributed by atoms with Gasteiger partial charge in [0.25, 0.3) is 0 Å². The molecule has 34 heavy (non-hydrogen) atoms. The molecular weight excluding hydrogens is 456 g/mol. The lowest BCUT2D eigenvalue weighted by Gasteiger charge is -2.17. The van der Waals surface area contributed by atoms with E-state index in [2.05, 4.69) is 14.9 Å². The van der Waals surface area contributed by atoms with Crippen molar-refractivity contribution in [2.45, 2.75) is 24.2 Å². The number of sulfonamides is 1. The van der Waals surface area contributed by atoms with E-state index in [-0.39, 0.29) is 23.8 Å². The van der Waals surface area contributed by atoms with Crippen LogP contribution >= 0.6 is 0 Å². The summed E-state index contributed by atoms with van der Waals surface area (Å²) in [4.78, 5) is 14.1. The number of aryl methyl sites for hydroxylation is 1. The van der Waals surface area contributed by atoms with Gasteiger partial charge in [0.2, 0.25) is 15.9 Å². The molecule has 0 aliphatic heterocycles. The number of carbonyl (C=O) groups excluding carboxylic acids is 1. The SMILES string of the molecule is COc1ccc(S(=O)(=O)NCCC(=O)N(C)CCCc2cc(-c3ccccc3)n[nH]2)cc1OC. The van der Waals surface area contributed by atoms with Crippen LogP contribution in [-0.4, -0.2) is 63.8 Å². The molecule has 0 unspecified atom stereocenters. The molecule has 1 amide bonds. The minimum absolute atomic E-state index is 0.000829. The normalized spacial score (nSPS) is 11.3. The molecule has 2 aromatic carbocycles. The zero-order chi connectivity index (χ0) is 24.6. The zero-order valence-electron chi connectivity index (χ0n) is 19.6. The van der Waals surface area contributed by atoms with Gasteiger partial charge in [0, 0.05) is 43.9 Å². The van der Waals surface area contributed by atoms with Crippen molar-refractivity contribution in [1.82, 2.24) is 19.8 Å². The molecule has 10 heteroatoms. The number of hydrogen-bond donors (Lipinski definition) is 2. The van der Waals surface area contributed by atoms with Gasteiger partial charge in [-0.05, 0) is 31.0 Å².